The first-order valence-electron chi connectivity index (χ1n) is 7.58. The highest BCUT2D eigenvalue weighted by Crippen LogP contribution is 2.10. The van der Waals surface area contributed by atoms with Gasteiger partial charge in [0.1, 0.15) is 6.61 Å². The zero-order valence-electron chi connectivity index (χ0n) is 12.2. The van der Waals surface area contributed by atoms with Crippen molar-refractivity contribution < 1.29 is 9.53 Å². The molecule has 0 N–H and O–H groups in total. The summed E-state index contributed by atoms with van der Waals surface area (Å²) in [5.41, 5.74) is 1.05. The minimum absolute atomic E-state index is 0.0758. The van der Waals surface area contributed by atoms with E-state index in [2.05, 4.69) is 15.9 Å². The van der Waals surface area contributed by atoms with Gasteiger partial charge in [-0.15, -0.1) is 0 Å². The summed E-state index contributed by atoms with van der Waals surface area (Å²) in [6, 6.07) is 9.82. The summed E-state index contributed by atoms with van der Waals surface area (Å²) in [4.78, 5) is 11.6. The van der Waals surface area contributed by atoms with Crippen LogP contribution in [-0.2, 0) is 16.1 Å². The Morgan fingerprint density at radius 1 is 0.900 bits per heavy atom. The molecule has 0 radical (unpaired) electrons. The maximum Gasteiger partial charge on any atom is 0.306 e. The number of rotatable bonds is 11. The average molecular weight is 341 g/mol. The van der Waals surface area contributed by atoms with Crippen LogP contribution in [0.4, 0.5) is 0 Å². The van der Waals surface area contributed by atoms with Gasteiger partial charge in [-0.1, -0.05) is 78.4 Å². The lowest BCUT2D eigenvalue weighted by Crippen LogP contribution is -2.04. The Labute approximate surface area is 131 Å². The Morgan fingerprint density at radius 2 is 1.50 bits per heavy atom. The number of esters is 1. The molecule has 0 fully saturated rings. The highest BCUT2D eigenvalue weighted by Gasteiger charge is 2.03. The van der Waals surface area contributed by atoms with E-state index in [1.165, 1.54) is 32.1 Å². The maximum absolute atomic E-state index is 11.6. The normalized spacial score (nSPS) is 10.4. The molecule has 0 saturated heterocycles. The van der Waals surface area contributed by atoms with Crippen LogP contribution in [0.15, 0.2) is 30.3 Å². The van der Waals surface area contributed by atoms with Crippen molar-refractivity contribution in [3.63, 3.8) is 0 Å². The highest BCUT2D eigenvalue weighted by molar-refractivity contribution is 9.09. The lowest BCUT2D eigenvalue weighted by atomic mass is 10.1. The van der Waals surface area contributed by atoms with Gasteiger partial charge in [0, 0.05) is 11.8 Å². The molecule has 0 aliphatic heterocycles. The van der Waals surface area contributed by atoms with Crippen molar-refractivity contribution in [1.29, 1.82) is 0 Å². The van der Waals surface area contributed by atoms with Crippen LogP contribution in [0.2, 0.25) is 0 Å². The largest absolute Gasteiger partial charge is 0.461 e. The predicted molar refractivity (Wildman–Crippen MR) is 87.0 cm³/mol. The number of hydrogen-bond acceptors (Lipinski definition) is 2. The smallest absolute Gasteiger partial charge is 0.306 e. The van der Waals surface area contributed by atoms with E-state index in [4.69, 9.17) is 4.74 Å². The van der Waals surface area contributed by atoms with E-state index in [-0.39, 0.29) is 5.97 Å². The second-order valence-corrected chi connectivity index (χ2v) is 5.85. The van der Waals surface area contributed by atoms with Gasteiger partial charge < -0.3 is 4.74 Å². The third kappa shape index (κ3) is 9.13. The number of ether oxygens (including phenoxy) is 1. The van der Waals surface area contributed by atoms with Crippen molar-refractivity contribution in [2.45, 2.75) is 58.0 Å². The fraction of sp³-hybridized carbons (Fsp3) is 0.588. The fourth-order valence-corrected chi connectivity index (χ4v) is 2.45. The summed E-state index contributed by atoms with van der Waals surface area (Å²) in [7, 11) is 0. The molecule has 0 spiro atoms. The molecule has 1 aromatic rings. The van der Waals surface area contributed by atoms with Crippen LogP contribution >= 0.6 is 15.9 Å². The second-order valence-electron chi connectivity index (χ2n) is 5.06. The van der Waals surface area contributed by atoms with E-state index < -0.39 is 0 Å². The topological polar surface area (TPSA) is 26.3 Å². The first kappa shape index (κ1) is 17.2. The van der Waals surface area contributed by atoms with Gasteiger partial charge >= 0.3 is 5.97 Å². The van der Waals surface area contributed by atoms with Crippen molar-refractivity contribution >= 4 is 21.9 Å². The molecule has 0 bridgehead atoms. The number of benzene rings is 1. The molecule has 0 atom stereocenters. The first-order chi connectivity index (χ1) is 9.83. The van der Waals surface area contributed by atoms with E-state index in [9.17, 15) is 4.79 Å². The molecular formula is C17H25BrO2. The molecule has 1 rings (SSSR count). The van der Waals surface area contributed by atoms with E-state index >= 15 is 0 Å². The standard InChI is InChI=1S/C17H25BrO2/c18-14-10-5-3-1-2-4-9-13-17(19)20-15-16-11-7-6-8-12-16/h6-8,11-12H,1-5,9-10,13-15H2. The molecule has 112 valence electrons. The van der Waals surface area contributed by atoms with E-state index in [0.717, 1.165) is 23.7 Å². The average Bonchev–Trinajstić information content (AvgIpc) is 2.49. The van der Waals surface area contributed by atoms with E-state index in [1.807, 2.05) is 30.3 Å². The number of alkyl halides is 1. The Kier molecular flexibility index (Phi) is 10.3. The Balaban J connectivity index is 1.93. The van der Waals surface area contributed by atoms with Crippen LogP contribution in [-0.4, -0.2) is 11.3 Å². The number of unbranched alkanes of at least 4 members (excludes halogenated alkanes) is 6. The number of hydrogen-bond donors (Lipinski definition) is 0. The van der Waals surface area contributed by atoms with Crippen LogP contribution < -0.4 is 0 Å². The Morgan fingerprint density at radius 3 is 2.15 bits per heavy atom. The molecule has 0 amide bonds. The summed E-state index contributed by atoms with van der Waals surface area (Å²) in [5.74, 6) is -0.0758. The molecule has 0 aliphatic carbocycles. The van der Waals surface area contributed by atoms with Crippen LogP contribution in [0.1, 0.15) is 56.9 Å². The maximum atomic E-state index is 11.6. The van der Waals surface area contributed by atoms with Gasteiger partial charge in [-0.2, -0.15) is 0 Å². The van der Waals surface area contributed by atoms with Crippen molar-refractivity contribution in [2.24, 2.45) is 0 Å². The minimum Gasteiger partial charge on any atom is -0.461 e. The number of carbonyl (C=O) groups is 1. The van der Waals surface area contributed by atoms with Crippen LogP contribution in [0, 0.1) is 0 Å². The van der Waals surface area contributed by atoms with Gasteiger partial charge in [-0.05, 0) is 18.4 Å². The minimum atomic E-state index is -0.0758. The van der Waals surface area contributed by atoms with E-state index in [0.29, 0.717) is 13.0 Å². The van der Waals surface area contributed by atoms with Gasteiger partial charge in [0.05, 0.1) is 0 Å². The van der Waals surface area contributed by atoms with Crippen molar-refractivity contribution in [3.8, 4) is 0 Å². The molecular weight excluding hydrogens is 316 g/mol. The van der Waals surface area contributed by atoms with E-state index in [1.54, 1.807) is 0 Å². The molecule has 2 nitrogen and oxygen atoms in total. The monoisotopic (exact) mass is 340 g/mol. The molecule has 0 unspecified atom stereocenters. The van der Waals surface area contributed by atoms with Gasteiger partial charge in [-0.3, -0.25) is 4.79 Å². The van der Waals surface area contributed by atoms with Crippen LogP contribution in [0.3, 0.4) is 0 Å². The summed E-state index contributed by atoms with van der Waals surface area (Å²) >= 11 is 3.44. The fourth-order valence-electron chi connectivity index (χ4n) is 2.06. The Bertz CT molecular complexity index is 351. The highest BCUT2D eigenvalue weighted by atomic mass is 79.9. The summed E-state index contributed by atoms with van der Waals surface area (Å²) < 4.78 is 5.24. The SMILES string of the molecule is O=C(CCCCCCCCCBr)OCc1ccccc1. The molecule has 0 saturated carbocycles. The molecule has 1 aromatic carbocycles. The van der Waals surface area contributed by atoms with Crippen LogP contribution in [0.25, 0.3) is 0 Å². The molecule has 0 aliphatic rings. The summed E-state index contributed by atoms with van der Waals surface area (Å²) in [6.07, 6.45) is 9.04. The van der Waals surface area contributed by atoms with Crippen LogP contribution in [0.5, 0.6) is 0 Å². The Hall–Kier alpha value is -0.830. The molecule has 0 heterocycles. The summed E-state index contributed by atoms with van der Waals surface area (Å²) in [6.45, 7) is 0.395. The number of halogens is 1. The molecule has 0 aromatic heterocycles. The van der Waals surface area contributed by atoms with Gasteiger partial charge in [-0.25, -0.2) is 0 Å². The predicted octanol–water partition coefficient (Wildman–Crippen LogP) is 5.25. The summed E-state index contributed by atoms with van der Waals surface area (Å²) in [5, 5.41) is 1.11. The third-order valence-corrected chi connectivity index (χ3v) is 3.82. The van der Waals surface area contributed by atoms with Crippen molar-refractivity contribution in [1.82, 2.24) is 0 Å². The molecule has 3 heteroatoms. The van der Waals surface area contributed by atoms with Gasteiger partial charge in [0.15, 0.2) is 0 Å². The zero-order chi connectivity index (χ0) is 14.5. The second kappa shape index (κ2) is 12.0. The first-order valence-corrected chi connectivity index (χ1v) is 8.70. The zero-order valence-corrected chi connectivity index (χ0v) is 13.7. The van der Waals surface area contributed by atoms with Gasteiger partial charge in [0.25, 0.3) is 0 Å². The quantitative estimate of drug-likeness (QED) is 0.312. The van der Waals surface area contributed by atoms with Gasteiger partial charge in [0.2, 0.25) is 0 Å². The van der Waals surface area contributed by atoms with Crippen molar-refractivity contribution in [3.05, 3.63) is 35.9 Å². The third-order valence-electron chi connectivity index (χ3n) is 3.26. The number of carbonyl (C=O) groups excluding carboxylic acids is 1. The lowest BCUT2D eigenvalue weighted by Gasteiger charge is -2.05. The lowest BCUT2D eigenvalue weighted by molar-refractivity contribution is -0.145. The van der Waals surface area contributed by atoms with Crippen molar-refractivity contribution in [2.75, 3.05) is 5.33 Å². The molecule has 20 heavy (non-hydrogen) atoms.